The first-order valence-electron chi connectivity index (χ1n) is 7.70. The van der Waals surface area contributed by atoms with Crippen molar-refractivity contribution in [1.82, 2.24) is 0 Å². The molecule has 2 aromatic rings. The van der Waals surface area contributed by atoms with E-state index in [0.717, 1.165) is 0 Å². The lowest BCUT2D eigenvalue weighted by atomic mass is 10.2. The summed E-state index contributed by atoms with van der Waals surface area (Å²) in [7, 11) is 0. The van der Waals surface area contributed by atoms with E-state index in [1.165, 1.54) is 13.0 Å². The SMILES string of the molecule is C[C@@H](OC(=O)c1cccc(Cl)c1)C(=O)Nc1ccc2c(c1)OCCO2. The van der Waals surface area contributed by atoms with Crippen molar-refractivity contribution in [3.05, 3.63) is 53.1 Å². The molecule has 3 rings (SSSR count). The maximum atomic E-state index is 12.2. The molecule has 2 aromatic carbocycles. The van der Waals surface area contributed by atoms with Crippen molar-refractivity contribution in [3.8, 4) is 11.5 Å². The molecule has 1 amide bonds. The third-order valence-corrected chi connectivity index (χ3v) is 3.76. The molecule has 25 heavy (non-hydrogen) atoms. The monoisotopic (exact) mass is 361 g/mol. The fourth-order valence-electron chi connectivity index (χ4n) is 2.26. The zero-order valence-electron chi connectivity index (χ0n) is 13.5. The van der Waals surface area contributed by atoms with Crippen LogP contribution in [0.5, 0.6) is 11.5 Å². The molecule has 1 heterocycles. The molecular formula is C18H16ClNO5. The van der Waals surface area contributed by atoms with Crippen molar-refractivity contribution in [1.29, 1.82) is 0 Å². The van der Waals surface area contributed by atoms with Gasteiger partial charge < -0.3 is 19.5 Å². The summed E-state index contributed by atoms with van der Waals surface area (Å²) >= 11 is 5.84. The second-order valence-corrected chi connectivity index (χ2v) is 5.84. The van der Waals surface area contributed by atoms with Gasteiger partial charge in [0.1, 0.15) is 13.2 Å². The highest BCUT2D eigenvalue weighted by molar-refractivity contribution is 6.30. The van der Waals surface area contributed by atoms with Crippen LogP contribution < -0.4 is 14.8 Å². The van der Waals surface area contributed by atoms with Crippen molar-refractivity contribution >= 4 is 29.2 Å². The van der Waals surface area contributed by atoms with Crippen LogP contribution in [-0.4, -0.2) is 31.2 Å². The number of amides is 1. The van der Waals surface area contributed by atoms with Gasteiger partial charge in [-0.15, -0.1) is 0 Å². The number of esters is 1. The Hall–Kier alpha value is -2.73. The summed E-state index contributed by atoms with van der Waals surface area (Å²) in [5, 5.41) is 3.10. The Bertz CT molecular complexity index is 808. The van der Waals surface area contributed by atoms with Crippen LogP contribution in [0.25, 0.3) is 0 Å². The number of hydrogen-bond donors (Lipinski definition) is 1. The largest absolute Gasteiger partial charge is 0.486 e. The topological polar surface area (TPSA) is 73.9 Å². The quantitative estimate of drug-likeness (QED) is 0.846. The molecule has 0 fully saturated rings. The van der Waals surface area contributed by atoms with Crippen molar-refractivity contribution in [2.75, 3.05) is 18.5 Å². The summed E-state index contributed by atoms with van der Waals surface area (Å²) in [6, 6.07) is 11.4. The summed E-state index contributed by atoms with van der Waals surface area (Å²) < 4.78 is 16.1. The Labute approximate surface area is 149 Å². The van der Waals surface area contributed by atoms with E-state index in [1.54, 1.807) is 36.4 Å². The van der Waals surface area contributed by atoms with E-state index in [1.807, 2.05) is 0 Å². The Balaban J connectivity index is 1.62. The van der Waals surface area contributed by atoms with Gasteiger partial charge in [-0.2, -0.15) is 0 Å². The van der Waals surface area contributed by atoms with Gasteiger partial charge >= 0.3 is 5.97 Å². The molecule has 1 aliphatic rings. The second kappa shape index (κ2) is 7.44. The summed E-state index contributed by atoms with van der Waals surface area (Å²) in [5.41, 5.74) is 0.811. The fraction of sp³-hybridized carbons (Fsp3) is 0.222. The molecule has 0 radical (unpaired) electrons. The van der Waals surface area contributed by atoms with E-state index >= 15 is 0 Å². The molecule has 1 aliphatic heterocycles. The molecule has 7 heteroatoms. The highest BCUT2D eigenvalue weighted by Gasteiger charge is 2.20. The zero-order valence-corrected chi connectivity index (χ0v) is 14.2. The van der Waals surface area contributed by atoms with E-state index in [2.05, 4.69) is 5.32 Å². The molecule has 130 valence electrons. The maximum absolute atomic E-state index is 12.2. The highest BCUT2D eigenvalue weighted by Crippen LogP contribution is 2.32. The number of fused-ring (bicyclic) bond motifs is 1. The second-order valence-electron chi connectivity index (χ2n) is 5.41. The summed E-state index contributed by atoms with van der Waals surface area (Å²) in [6.45, 7) is 2.45. The van der Waals surface area contributed by atoms with Crippen LogP contribution in [0.2, 0.25) is 5.02 Å². The van der Waals surface area contributed by atoms with E-state index in [0.29, 0.717) is 35.4 Å². The molecular weight excluding hydrogens is 346 g/mol. The lowest BCUT2D eigenvalue weighted by molar-refractivity contribution is -0.123. The molecule has 0 aromatic heterocycles. The summed E-state index contributed by atoms with van der Waals surface area (Å²) in [6.07, 6.45) is -0.973. The molecule has 0 bridgehead atoms. The van der Waals surface area contributed by atoms with Gasteiger partial charge in [0, 0.05) is 16.8 Å². The number of benzene rings is 2. The standard InChI is InChI=1S/C18H16ClNO5/c1-11(25-18(22)12-3-2-4-13(19)9-12)17(21)20-14-5-6-15-16(10-14)24-8-7-23-15/h2-6,9-11H,7-8H2,1H3,(H,20,21)/t11-/m1/s1. The third kappa shape index (κ3) is 4.22. The van der Waals surface area contributed by atoms with Crippen molar-refractivity contribution in [2.45, 2.75) is 13.0 Å². The van der Waals surface area contributed by atoms with Gasteiger partial charge in [-0.3, -0.25) is 4.79 Å². The van der Waals surface area contributed by atoms with Crippen LogP contribution in [-0.2, 0) is 9.53 Å². The van der Waals surface area contributed by atoms with Gasteiger partial charge in [0.05, 0.1) is 5.56 Å². The van der Waals surface area contributed by atoms with Crippen LogP contribution in [0.4, 0.5) is 5.69 Å². The number of ether oxygens (including phenoxy) is 3. The van der Waals surface area contributed by atoms with Gasteiger partial charge in [-0.05, 0) is 37.3 Å². The van der Waals surface area contributed by atoms with Gasteiger partial charge in [-0.25, -0.2) is 4.79 Å². The van der Waals surface area contributed by atoms with Gasteiger partial charge in [0.2, 0.25) is 0 Å². The lowest BCUT2D eigenvalue weighted by Gasteiger charge is -2.19. The average Bonchev–Trinajstić information content (AvgIpc) is 2.61. The van der Waals surface area contributed by atoms with Gasteiger partial charge in [0.25, 0.3) is 5.91 Å². The van der Waals surface area contributed by atoms with Crippen LogP contribution in [0.15, 0.2) is 42.5 Å². The molecule has 0 spiro atoms. The zero-order chi connectivity index (χ0) is 17.8. The average molecular weight is 362 g/mol. The summed E-state index contributed by atoms with van der Waals surface area (Å²) in [5.74, 6) is 0.122. The molecule has 1 atom stereocenters. The normalized spacial score (nSPS) is 13.7. The number of halogens is 1. The van der Waals surface area contributed by atoms with E-state index in [-0.39, 0.29) is 5.56 Å². The van der Waals surface area contributed by atoms with Crippen molar-refractivity contribution in [2.24, 2.45) is 0 Å². The molecule has 0 aliphatic carbocycles. The number of nitrogens with one attached hydrogen (secondary N) is 1. The summed E-state index contributed by atoms with van der Waals surface area (Å²) in [4.78, 5) is 24.3. The van der Waals surface area contributed by atoms with Gasteiger partial charge in [0.15, 0.2) is 17.6 Å². The van der Waals surface area contributed by atoms with Crippen LogP contribution in [0.3, 0.4) is 0 Å². The molecule has 1 N–H and O–H groups in total. The molecule has 0 saturated heterocycles. The lowest BCUT2D eigenvalue weighted by Crippen LogP contribution is -2.30. The van der Waals surface area contributed by atoms with Crippen molar-refractivity contribution < 1.29 is 23.8 Å². The van der Waals surface area contributed by atoms with E-state index < -0.39 is 18.0 Å². The number of rotatable bonds is 4. The number of anilines is 1. The molecule has 0 unspecified atom stereocenters. The third-order valence-electron chi connectivity index (χ3n) is 3.52. The first-order valence-corrected chi connectivity index (χ1v) is 8.08. The smallest absolute Gasteiger partial charge is 0.338 e. The van der Waals surface area contributed by atoms with Crippen LogP contribution in [0.1, 0.15) is 17.3 Å². The first-order chi connectivity index (χ1) is 12.0. The Kier molecular flexibility index (Phi) is 5.09. The highest BCUT2D eigenvalue weighted by atomic mass is 35.5. The van der Waals surface area contributed by atoms with Crippen LogP contribution >= 0.6 is 11.6 Å². The van der Waals surface area contributed by atoms with E-state index in [4.69, 9.17) is 25.8 Å². The number of carbonyl (C=O) groups excluding carboxylic acids is 2. The fourth-order valence-corrected chi connectivity index (χ4v) is 2.45. The first kappa shape index (κ1) is 17.1. The Morgan fingerprint density at radius 2 is 1.88 bits per heavy atom. The molecule has 6 nitrogen and oxygen atoms in total. The van der Waals surface area contributed by atoms with Crippen molar-refractivity contribution in [3.63, 3.8) is 0 Å². The Morgan fingerprint density at radius 3 is 2.64 bits per heavy atom. The maximum Gasteiger partial charge on any atom is 0.338 e. The molecule has 0 saturated carbocycles. The van der Waals surface area contributed by atoms with Gasteiger partial charge in [-0.1, -0.05) is 17.7 Å². The number of hydrogen-bond acceptors (Lipinski definition) is 5. The number of carbonyl (C=O) groups is 2. The minimum atomic E-state index is -0.973. The predicted octanol–water partition coefficient (Wildman–Crippen LogP) is 3.30. The van der Waals surface area contributed by atoms with E-state index in [9.17, 15) is 9.59 Å². The predicted molar refractivity (Wildman–Crippen MR) is 92.4 cm³/mol. The van der Waals surface area contributed by atoms with Crippen LogP contribution in [0, 0.1) is 0 Å². The minimum absolute atomic E-state index is 0.284. The minimum Gasteiger partial charge on any atom is -0.486 e. The Morgan fingerprint density at radius 1 is 1.12 bits per heavy atom.